The summed E-state index contributed by atoms with van der Waals surface area (Å²) in [4.78, 5) is 16.5. The number of aromatic nitrogens is 3. The molecule has 0 atom stereocenters. The minimum Gasteiger partial charge on any atom is -0.347 e. The van der Waals surface area contributed by atoms with Gasteiger partial charge in [-0.15, -0.1) is 0 Å². The second-order valence-electron chi connectivity index (χ2n) is 6.40. The predicted molar refractivity (Wildman–Crippen MR) is 96.3 cm³/mol. The van der Waals surface area contributed by atoms with Gasteiger partial charge in [-0.25, -0.2) is 0 Å². The number of nitrogens with zero attached hydrogens (tertiary/aromatic N) is 3. The first-order chi connectivity index (χ1) is 12.3. The minimum atomic E-state index is -0.137. The lowest BCUT2D eigenvalue weighted by Crippen LogP contribution is -2.30. The van der Waals surface area contributed by atoms with Gasteiger partial charge in [0.1, 0.15) is 5.69 Å². The molecule has 3 aromatic rings. The number of rotatable bonds is 4. The molecule has 1 saturated heterocycles. The molecule has 0 bridgehead atoms. The number of piperidine rings is 1. The SMILES string of the molecule is O=C(NCc1ccc2cnccc2c1)c1ccn(C2CCNCC2)n1. The molecular formula is C19H21N5O. The summed E-state index contributed by atoms with van der Waals surface area (Å²) in [5.74, 6) is -0.137. The van der Waals surface area contributed by atoms with Crippen molar-refractivity contribution in [3.63, 3.8) is 0 Å². The molecule has 1 fully saturated rings. The maximum absolute atomic E-state index is 12.4. The molecule has 0 unspecified atom stereocenters. The number of carbonyl (C=O) groups excluding carboxylic acids is 1. The highest BCUT2D eigenvalue weighted by molar-refractivity contribution is 5.92. The van der Waals surface area contributed by atoms with Gasteiger partial charge >= 0.3 is 0 Å². The van der Waals surface area contributed by atoms with Crippen LogP contribution in [0.5, 0.6) is 0 Å². The van der Waals surface area contributed by atoms with Crippen LogP contribution in [0.1, 0.15) is 34.9 Å². The Morgan fingerprint density at radius 2 is 2.08 bits per heavy atom. The summed E-state index contributed by atoms with van der Waals surface area (Å²) >= 11 is 0. The third-order valence-corrected chi connectivity index (χ3v) is 4.68. The number of hydrogen-bond donors (Lipinski definition) is 2. The largest absolute Gasteiger partial charge is 0.347 e. The number of benzene rings is 1. The van der Waals surface area contributed by atoms with Crippen LogP contribution >= 0.6 is 0 Å². The van der Waals surface area contributed by atoms with Crippen molar-refractivity contribution in [2.75, 3.05) is 13.1 Å². The Labute approximate surface area is 146 Å². The van der Waals surface area contributed by atoms with Crippen LogP contribution in [0.2, 0.25) is 0 Å². The maximum atomic E-state index is 12.4. The standard InChI is InChI=1S/C19H21N5O/c25-19(18-6-10-24(23-18)17-4-8-20-9-5-17)22-12-14-1-2-16-13-21-7-3-15(16)11-14/h1-3,6-7,10-11,13,17,20H,4-5,8-9,12H2,(H,22,25). The zero-order valence-corrected chi connectivity index (χ0v) is 14.0. The highest BCUT2D eigenvalue weighted by Gasteiger charge is 2.17. The van der Waals surface area contributed by atoms with Crippen LogP contribution in [0.25, 0.3) is 10.8 Å². The molecule has 4 rings (SSSR count). The topological polar surface area (TPSA) is 71.8 Å². The Bertz CT molecular complexity index is 882. The van der Waals surface area contributed by atoms with E-state index in [0.717, 1.165) is 42.3 Å². The minimum absolute atomic E-state index is 0.137. The lowest BCUT2D eigenvalue weighted by molar-refractivity contribution is 0.0944. The Kier molecular flexibility index (Phi) is 4.43. The van der Waals surface area contributed by atoms with E-state index in [4.69, 9.17) is 0 Å². The van der Waals surface area contributed by atoms with Gasteiger partial charge in [-0.1, -0.05) is 12.1 Å². The first kappa shape index (κ1) is 15.8. The van der Waals surface area contributed by atoms with E-state index in [9.17, 15) is 4.79 Å². The van der Waals surface area contributed by atoms with Crippen molar-refractivity contribution in [3.8, 4) is 0 Å². The molecule has 0 spiro atoms. The van der Waals surface area contributed by atoms with Gasteiger partial charge in [-0.2, -0.15) is 5.10 Å². The van der Waals surface area contributed by atoms with Crippen LogP contribution < -0.4 is 10.6 Å². The quantitative estimate of drug-likeness (QED) is 0.767. The van der Waals surface area contributed by atoms with Crippen molar-refractivity contribution in [3.05, 3.63) is 60.2 Å². The Morgan fingerprint density at radius 3 is 2.96 bits per heavy atom. The number of nitrogens with one attached hydrogen (secondary N) is 2. The molecule has 25 heavy (non-hydrogen) atoms. The monoisotopic (exact) mass is 335 g/mol. The van der Waals surface area contributed by atoms with Gasteiger partial charge in [0.25, 0.3) is 5.91 Å². The molecule has 0 radical (unpaired) electrons. The van der Waals surface area contributed by atoms with E-state index < -0.39 is 0 Å². The molecular weight excluding hydrogens is 314 g/mol. The van der Waals surface area contributed by atoms with E-state index in [1.807, 2.05) is 35.3 Å². The van der Waals surface area contributed by atoms with Gasteiger partial charge in [0.15, 0.2) is 0 Å². The smallest absolute Gasteiger partial charge is 0.272 e. The highest BCUT2D eigenvalue weighted by Crippen LogP contribution is 2.18. The van der Waals surface area contributed by atoms with Gasteiger partial charge in [0.2, 0.25) is 0 Å². The Hall–Kier alpha value is -2.73. The van der Waals surface area contributed by atoms with Gasteiger partial charge in [-0.3, -0.25) is 14.5 Å². The third-order valence-electron chi connectivity index (χ3n) is 4.68. The number of fused-ring (bicyclic) bond motifs is 1. The molecule has 128 valence electrons. The molecule has 1 aromatic carbocycles. The summed E-state index contributed by atoms with van der Waals surface area (Å²) in [6.45, 7) is 2.49. The molecule has 2 aromatic heterocycles. The Balaban J connectivity index is 1.40. The molecule has 6 heteroatoms. The molecule has 6 nitrogen and oxygen atoms in total. The summed E-state index contributed by atoms with van der Waals surface area (Å²) in [5, 5.41) is 13.0. The zero-order chi connectivity index (χ0) is 17.1. The fourth-order valence-electron chi connectivity index (χ4n) is 3.25. The average Bonchev–Trinajstić information content (AvgIpc) is 3.17. The van der Waals surface area contributed by atoms with E-state index in [-0.39, 0.29) is 5.91 Å². The van der Waals surface area contributed by atoms with Crippen molar-refractivity contribution in [2.24, 2.45) is 0 Å². The molecule has 1 amide bonds. The molecule has 2 N–H and O–H groups in total. The summed E-state index contributed by atoms with van der Waals surface area (Å²) < 4.78 is 1.93. The van der Waals surface area contributed by atoms with Gasteiger partial charge < -0.3 is 10.6 Å². The van der Waals surface area contributed by atoms with Gasteiger partial charge in [0.05, 0.1) is 6.04 Å². The zero-order valence-electron chi connectivity index (χ0n) is 14.0. The molecule has 1 aliphatic rings. The van der Waals surface area contributed by atoms with E-state index in [1.54, 1.807) is 12.3 Å². The normalized spacial score (nSPS) is 15.4. The highest BCUT2D eigenvalue weighted by atomic mass is 16.1. The van der Waals surface area contributed by atoms with Gasteiger partial charge in [0, 0.05) is 30.5 Å². The lowest BCUT2D eigenvalue weighted by atomic mass is 10.1. The number of amides is 1. The average molecular weight is 335 g/mol. The third kappa shape index (κ3) is 3.53. The van der Waals surface area contributed by atoms with Crippen molar-refractivity contribution >= 4 is 16.7 Å². The molecule has 1 aliphatic heterocycles. The summed E-state index contributed by atoms with van der Waals surface area (Å²) in [6, 6.07) is 10.3. The summed E-state index contributed by atoms with van der Waals surface area (Å²) in [5.41, 5.74) is 1.54. The van der Waals surface area contributed by atoms with E-state index >= 15 is 0 Å². The molecule has 0 aliphatic carbocycles. The number of hydrogen-bond acceptors (Lipinski definition) is 4. The van der Waals surface area contributed by atoms with E-state index in [2.05, 4.69) is 26.8 Å². The van der Waals surface area contributed by atoms with Crippen LogP contribution in [0.15, 0.2) is 48.9 Å². The number of pyridine rings is 1. The van der Waals surface area contributed by atoms with Crippen molar-refractivity contribution in [1.29, 1.82) is 0 Å². The van der Waals surface area contributed by atoms with E-state index in [1.165, 1.54) is 0 Å². The fourth-order valence-corrected chi connectivity index (χ4v) is 3.25. The molecule has 0 saturated carbocycles. The van der Waals surface area contributed by atoms with Crippen molar-refractivity contribution in [1.82, 2.24) is 25.4 Å². The van der Waals surface area contributed by atoms with Crippen LogP contribution in [-0.2, 0) is 6.54 Å². The van der Waals surface area contributed by atoms with Crippen LogP contribution in [-0.4, -0.2) is 33.8 Å². The van der Waals surface area contributed by atoms with E-state index in [0.29, 0.717) is 18.3 Å². The number of carbonyl (C=O) groups is 1. The van der Waals surface area contributed by atoms with Crippen LogP contribution in [0, 0.1) is 0 Å². The van der Waals surface area contributed by atoms with Crippen molar-refractivity contribution < 1.29 is 4.79 Å². The first-order valence-electron chi connectivity index (χ1n) is 8.66. The fraction of sp³-hybridized carbons (Fsp3) is 0.316. The predicted octanol–water partition coefficient (Wildman–Crippen LogP) is 2.29. The second kappa shape index (κ2) is 7.03. The lowest BCUT2D eigenvalue weighted by Gasteiger charge is -2.22. The first-order valence-corrected chi connectivity index (χ1v) is 8.66. The summed E-state index contributed by atoms with van der Waals surface area (Å²) in [6.07, 6.45) is 7.63. The second-order valence-corrected chi connectivity index (χ2v) is 6.40. The van der Waals surface area contributed by atoms with Crippen LogP contribution in [0.4, 0.5) is 0 Å². The van der Waals surface area contributed by atoms with Gasteiger partial charge in [-0.05, 0) is 55.1 Å². The Morgan fingerprint density at radius 1 is 1.20 bits per heavy atom. The van der Waals surface area contributed by atoms with Crippen LogP contribution in [0.3, 0.4) is 0 Å². The molecule has 3 heterocycles. The van der Waals surface area contributed by atoms with Crippen molar-refractivity contribution in [2.45, 2.75) is 25.4 Å². The summed E-state index contributed by atoms with van der Waals surface area (Å²) in [7, 11) is 0. The maximum Gasteiger partial charge on any atom is 0.272 e.